The molecule has 0 aromatic carbocycles. The molecule has 0 radical (unpaired) electrons. The molecular weight excluding hydrogens is 353 g/mol. The van der Waals surface area contributed by atoms with E-state index >= 15 is 0 Å². The summed E-state index contributed by atoms with van der Waals surface area (Å²) in [5.74, 6) is -1.05. The molecule has 1 saturated heterocycles. The molecule has 1 fully saturated rings. The molecule has 0 unspecified atom stereocenters. The Morgan fingerprint density at radius 2 is 2.12 bits per heavy atom. The maximum atomic E-state index is 12.8. The molecule has 1 aliphatic rings. The number of hydrogen-bond donors (Lipinski definition) is 1. The van der Waals surface area contributed by atoms with Crippen molar-refractivity contribution >= 4 is 11.8 Å². The van der Waals surface area contributed by atoms with Gasteiger partial charge in [0.15, 0.2) is 0 Å². The van der Waals surface area contributed by atoms with Gasteiger partial charge in [-0.15, -0.1) is 0 Å². The molecule has 0 bridgehead atoms. The number of nitrogens with zero attached hydrogens (tertiary/aromatic N) is 3. The fourth-order valence-corrected chi connectivity index (χ4v) is 2.80. The predicted molar refractivity (Wildman–Crippen MR) is 84.8 cm³/mol. The third kappa shape index (κ3) is 5.38. The van der Waals surface area contributed by atoms with E-state index < -0.39 is 17.8 Å². The quantitative estimate of drug-likeness (QED) is 0.840. The molecule has 0 saturated carbocycles. The van der Waals surface area contributed by atoms with Gasteiger partial charge in [-0.1, -0.05) is 0 Å². The average Bonchev–Trinajstić information content (AvgIpc) is 2.59. The van der Waals surface area contributed by atoms with Gasteiger partial charge >= 0.3 is 6.18 Å². The van der Waals surface area contributed by atoms with E-state index in [0.717, 1.165) is 6.07 Å². The van der Waals surface area contributed by atoms with Crippen molar-refractivity contribution < 1.29 is 27.5 Å². The largest absolute Gasteiger partial charge is 0.433 e. The summed E-state index contributed by atoms with van der Waals surface area (Å²) < 4.78 is 43.2. The summed E-state index contributed by atoms with van der Waals surface area (Å²) in [6.07, 6.45) is -3.30. The zero-order chi connectivity index (χ0) is 19.3. The number of carbonyl (C=O) groups is 2. The number of nitrogens with one attached hydrogen (secondary N) is 1. The number of amides is 2. The van der Waals surface area contributed by atoms with E-state index in [2.05, 4.69) is 15.3 Å². The number of aromatic nitrogens is 2. The van der Waals surface area contributed by atoms with E-state index in [4.69, 9.17) is 4.74 Å². The van der Waals surface area contributed by atoms with Gasteiger partial charge in [-0.3, -0.25) is 9.59 Å². The van der Waals surface area contributed by atoms with Crippen LogP contribution < -0.4 is 5.32 Å². The Balaban J connectivity index is 1.96. The number of halogens is 3. The second-order valence-corrected chi connectivity index (χ2v) is 6.14. The van der Waals surface area contributed by atoms with E-state index in [0.29, 0.717) is 19.4 Å². The molecule has 144 valence electrons. The number of hydrogen-bond acceptors (Lipinski definition) is 5. The van der Waals surface area contributed by atoms with Crippen LogP contribution in [0.15, 0.2) is 6.07 Å². The van der Waals surface area contributed by atoms with Crippen molar-refractivity contribution in [3.8, 4) is 0 Å². The summed E-state index contributed by atoms with van der Waals surface area (Å²) in [5, 5.41) is 2.57. The molecule has 0 spiro atoms. The Morgan fingerprint density at radius 3 is 2.77 bits per heavy atom. The van der Waals surface area contributed by atoms with Crippen LogP contribution in [0.4, 0.5) is 13.2 Å². The lowest BCUT2D eigenvalue weighted by atomic mass is 9.97. The maximum Gasteiger partial charge on any atom is 0.433 e. The van der Waals surface area contributed by atoms with Crippen molar-refractivity contribution in [1.29, 1.82) is 0 Å². The first-order chi connectivity index (χ1) is 12.2. The zero-order valence-corrected chi connectivity index (χ0v) is 14.6. The highest BCUT2D eigenvalue weighted by Crippen LogP contribution is 2.27. The third-order valence-corrected chi connectivity index (χ3v) is 4.02. The van der Waals surface area contributed by atoms with Crippen LogP contribution in [0.2, 0.25) is 0 Å². The van der Waals surface area contributed by atoms with Crippen molar-refractivity contribution in [2.24, 2.45) is 5.92 Å². The molecule has 1 N–H and O–H groups in total. The molecule has 2 rings (SSSR count). The van der Waals surface area contributed by atoms with Crippen LogP contribution in [-0.4, -0.2) is 53.5 Å². The third-order valence-electron chi connectivity index (χ3n) is 4.02. The van der Waals surface area contributed by atoms with E-state index in [-0.39, 0.29) is 43.0 Å². The van der Waals surface area contributed by atoms with Crippen LogP contribution in [0.5, 0.6) is 0 Å². The molecule has 1 aromatic rings. The summed E-state index contributed by atoms with van der Waals surface area (Å²) in [6, 6.07) is 0.853. The monoisotopic (exact) mass is 374 g/mol. The lowest BCUT2D eigenvalue weighted by molar-refractivity contribution is -0.141. The fourth-order valence-electron chi connectivity index (χ4n) is 2.80. The summed E-state index contributed by atoms with van der Waals surface area (Å²) in [4.78, 5) is 33.1. The van der Waals surface area contributed by atoms with Crippen molar-refractivity contribution in [1.82, 2.24) is 20.2 Å². The van der Waals surface area contributed by atoms with E-state index in [9.17, 15) is 22.8 Å². The second kappa shape index (κ2) is 8.43. The van der Waals surface area contributed by atoms with Crippen LogP contribution >= 0.6 is 0 Å². The van der Waals surface area contributed by atoms with Gasteiger partial charge in [0.2, 0.25) is 11.8 Å². The van der Waals surface area contributed by atoms with E-state index in [1.54, 1.807) is 4.90 Å². The molecule has 0 aliphatic carbocycles. The molecular formula is C16H21F3N4O3. The molecule has 1 aliphatic heterocycles. The van der Waals surface area contributed by atoms with E-state index in [1.165, 1.54) is 14.0 Å². The number of aryl methyl sites for hydroxylation is 1. The fraction of sp³-hybridized carbons (Fsp3) is 0.625. The van der Waals surface area contributed by atoms with Gasteiger partial charge in [0.1, 0.15) is 18.1 Å². The number of methoxy groups -OCH3 is 1. The summed E-state index contributed by atoms with van der Waals surface area (Å²) in [6.45, 7) is 2.00. The molecule has 2 heterocycles. The van der Waals surface area contributed by atoms with Crippen molar-refractivity contribution in [3.05, 3.63) is 23.3 Å². The smallest absolute Gasteiger partial charge is 0.375 e. The second-order valence-electron chi connectivity index (χ2n) is 6.14. The summed E-state index contributed by atoms with van der Waals surface area (Å²) in [5.41, 5.74) is -0.867. The minimum absolute atomic E-state index is 0.0499. The predicted octanol–water partition coefficient (Wildman–Crippen LogP) is 1.31. The Morgan fingerprint density at radius 1 is 1.38 bits per heavy atom. The van der Waals surface area contributed by atoms with Gasteiger partial charge in [0.05, 0.1) is 12.5 Å². The minimum atomic E-state index is -4.57. The number of likely N-dealkylation sites (tertiary alicyclic amines) is 1. The van der Waals surface area contributed by atoms with Crippen LogP contribution in [0, 0.1) is 12.8 Å². The first-order valence-corrected chi connectivity index (χ1v) is 8.17. The van der Waals surface area contributed by atoms with Gasteiger partial charge in [-0.05, 0) is 25.8 Å². The van der Waals surface area contributed by atoms with Crippen molar-refractivity contribution in [2.45, 2.75) is 32.5 Å². The highest BCUT2D eigenvalue weighted by molar-refractivity contribution is 5.81. The molecule has 10 heteroatoms. The maximum absolute atomic E-state index is 12.8. The molecule has 7 nitrogen and oxygen atoms in total. The van der Waals surface area contributed by atoms with Crippen molar-refractivity contribution in [2.75, 3.05) is 26.8 Å². The number of alkyl halides is 3. The lowest BCUT2D eigenvalue weighted by Gasteiger charge is -2.31. The van der Waals surface area contributed by atoms with Crippen molar-refractivity contribution in [3.63, 3.8) is 0 Å². The van der Waals surface area contributed by atoms with Gasteiger partial charge in [0.25, 0.3) is 0 Å². The first kappa shape index (κ1) is 20.1. The Bertz CT molecular complexity index is 667. The van der Waals surface area contributed by atoms with Crippen LogP contribution in [0.25, 0.3) is 0 Å². The Hall–Kier alpha value is -2.23. The molecule has 1 aromatic heterocycles. The molecule has 26 heavy (non-hydrogen) atoms. The Kier molecular flexibility index (Phi) is 6.52. The van der Waals surface area contributed by atoms with Crippen LogP contribution in [0.1, 0.15) is 30.1 Å². The number of rotatable bonds is 5. The minimum Gasteiger partial charge on any atom is -0.375 e. The van der Waals surface area contributed by atoms with E-state index in [1.807, 2.05) is 0 Å². The number of piperidine rings is 1. The van der Waals surface area contributed by atoms with Gasteiger partial charge < -0.3 is 15.0 Å². The van der Waals surface area contributed by atoms with Gasteiger partial charge in [-0.25, -0.2) is 9.97 Å². The summed E-state index contributed by atoms with van der Waals surface area (Å²) >= 11 is 0. The summed E-state index contributed by atoms with van der Waals surface area (Å²) in [7, 11) is 1.42. The Labute approximate surface area is 148 Å². The normalized spacial score (nSPS) is 17.9. The highest BCUT2D eigenvalue weighted by Gasteiger charge is 2.33. The number of ether oxygens (including phenoxy) is 1. The number of carbonyl (C=O) groups excluding carboxylic acids is 2. The average molecular weight is 374 g/mol. The highest BCUT2D eigenvalue weighted by atomic mass is 19.4. The van der Waals surface area contributed by atoms with Crippen LogP contribution in [0.3, 0.4) is 0 Å². The lowest BCUT2D eigenvalue weighted by Crippen LogP contribution is -2.46. The van der Waals surface area contributed by atoms with Gasteiger partial charge in [0, 0.05) is 25.9 Å². The SMILES string of the molecule is COCC(=O)N1CCC[C@H](C(=O)NCc2nc(C)cc(C(F)(F)F)n2)C1. The first-order valence-electron chi connectivity index (χ1n) is 8.17. The zero-order valence-electron chi connectivity index (χ0n) is 14.6. The molecule has 2 amide bonds. The van der Waals surface area contributed by atoms with Gasteiger partial charge in [-0.2, -0.15) is 13.2 Å². The topological polar surface area (TPSA) is 84.4 Å². The molecule has 1 atom stereocenters. The van der Waals surface area contributed by atoms with Crippen LogP contribution in [-0.2, 0) is 27.0 Å². The standard InChI is InChI=1S/C16H21F3N4O3/c1-10-6-12(16(17,18)19)22-13(21-10)7-20-15(25)11-4-3-5-23(8-11)14(24)9-26-2/h6,11H,3-5,7-9H2,1-2H3,(H,20,25)/t11-/m0/s1.